The van der Waals surface area contributed by atoms with E-state index in [4.69, 9.17) is 9.47 Å². The number of rotatable bonds is 8. The molecule has 4 heteroatoms. The van der Waals surface area contributed by atoms with Crippen LogP contribution in [-0.2, 0) is 11.3 Å². The molecule has 0 saturated heterocycles. The first kappa shape index (κ1) is 14.8. The van der Waals surface area contributed by atoms with Crippen molar-refractivity contribution in [3.63, 3.8) is 0 Å². The molecule has 0 amide bonds. The fourth-order valence-corrected chi connectivity index (χ4v) is 2.89. The maximum atomic E-state index is 5.23. The molecule has 0 bridgehead atoms. The average Bonchev–Trinajstić information content (AvgIpc) is 3.17. The summed E-state index contributed by atoms with van der Waals surface area (Å²) in [5, 5.41) is 3.56. The zero-order valence-corrected chi connectivity index (χ0v) is 13.3. The van der Waals surface area contributed by atoms with Crippen molar-refractivity contribution in [3.05, 3.63) is 28.2 Å². The number of hydrogen-bond acceptors (Lipinski definition) is 3. The molecular weight excluding hydrogens is 306 g/mol. The molecule has 0 heterocycles. The van der Waals surface area contributed by atoms with Crippen molar-refractivity contribution >= 4 is 15.9 Å². The maximum Gasteiger partial charge on any atom is 0.133 e. The van der Waals surface area contributed by atoms with E-state index in [1.807, 2.05) is 6.07 Å². The SMILES string of the molecule is COCCC1(CNCc2ccc(OC)c(Br)c2)CC1. The summed E-state index contributed by atoms with van der Waals surface area (Å²) in [5.74, 6) is 0.877. The first-order valence-corrected chi connectivity index (χ1v) is 7.50. The Balaban J connectivity index is 1.78. The molecule has 3 nitrogen and oxygen atoms in total. The lowest BCUT2D eigenvalue weighted by Gasteiger charge is -2.15. The highest BCUT2D eigenvalue weighted by Crippen LogP contribution is 2.48. The predicted molar refractivity (Wildman–Crippen MR) is 80.6 cm³/mol. The van der Waals surface area contributed by atoms with Crippen LogP contribution in [0.15, 0.2) is 22.7 Å². The molecule has 1 saturated carbocycles. The van der Waals surface area contributed by atoms with Gasteiger partial charge in [0.05, 0.1) is 11.6 Å². The highest BCUT2D eigenvalue weighted by atomic mass is 79.9. The smallest absolute Gasteiger partial charge is 0.133 e. The van der Waals surface area contributed by atoms with Crippen molar-refractivity contribution < 1.29 is 9.47 Å². The molecule has 1 aromatic rings. The minimum atomic E-state index is 0.500. The van der Waals surface area contributed by atoms with Gasteiger partial charge in [0, 0.05) is 26.8 Å². The molecule has 1 aromatic carbocycles. The lowest BCUT2D eigenvalue weighted by atomic mass is 10.0. The Hall–Kier alpha value is -0.580. The van der Waals surface area contributed by atoms with E-state index in [-0.39, 0.29) is 0 Å². The second-order valence-corrected chi connectivity index (χ2v) is 6.17. The van der Waals surface area contributed by atoms with Gasteiger partial charge in [-0.3, -0.25) is 0 Å². The maximum absolute atomic E-state index is 5.23. The summed E-state index contributed by atoms with van der Waals surface area (Å²) in [6.45, 7) is 2.85. The van der Waals surface area contributed by atoms with E-state index in [9.17, 15) is 0 Å². The Morgan fingerprint density at radius 1 is 1.32 bits per heavy atom. The second kappa shape index (κ2) is 6.73. The molecule has 0 radical (unpaired) electrons. The van der Waals surface area contributed by atoms with Crippen molar-refractivity contribution in [2.24, 2.45) is 5.41 Å². The molecule has 0 unspecified atom stereocenters. The van der Waals surface area contributed by atoms with E-state index in [0.717, 1.165) is 29.9 Å². The second-order valence-electron chi connectivity index (χ2n) is 5.32. The van der Waals surface area contributed by atoms with Crippen LogP contribution in [0.4, 0.5) is 0 Å². The number of methoxy groups -OCH3 is 2. The highest BCUT2D eigenvalue weighted by Gasteiger charge is 2.41. The van der Waals surface area contributed by atoms with Crippen LogP contribution in [0.3, 0.4) is 0 Å². The van der Waals surface area contributed by atoms with Crippen LogP contribution in [0.1, 0.15) is 24.8 Å². The molecule has 0 spiro atoms. The van der Waals surface area contributed by atoms with Gasteiger partial charge in [0.25, 0.3) is 0 Å². The summed E-state index contributed by atoms with van der Waals surface area (Å²) >= 11 is 3.52. The molecule has 0 atom stereocenters. The summed E-state index contributed by atoms with van der Waals surface area (Å²) in [6, 6.07) is 6.21. The standard InChI is InChI=1S/C15H22BrNO2/c1-18-8-7-15(5-6-15)11-17-10-12-3-4-14(19-2)13(16)9-12/h3-4,9,17H,5-8,10-11H2,1-2H3. The first-order chi connectivity index (χ1) is 9.19. The normalized spacial score (nSPS) is 16.4. The van der Waals surface area contributed by atoms with Crippen LogP contribution < -0.4 is 10.1 Å². The Morgan fingerprint density at radius 3 is 2.68 bits per heavy atom. The van der Waals surface area contributed by atoms with Gasteiger partial charge in [0.15, 0.2) is 0 Å². The van der Waals surface area contributed by atoms with Crippen molar-refractivity contribution in [2.75, 3.05) is 27.4 Å². The van der Waals surface area contributed by atoms with Crippen molar-refractivity contribution in [2.45, 2.75) is 25.8 Å². The topological polar surface area (TPSA) is 30.5 Å². The molecule has 1 N–H and O–H groups in total. The van der Waals surface area contributed by atoms with E-state index < -0.39 is 0 Å². The van der Waals surface area contributed by atoms with Crippen LogP contribution in [0.5, 0.6) is 5.75 Å². The third kappa shape index (κ3) is 4.20. The summed E-state index contributed by atoms with van der Waals surface area (Å²) in [7, 11) is 3.46. The van der Waals surface area contributed by atoms with Crippen LogP contribution >= 0.6 is 15.9 Å². The van der Waals surface area contributed by atoms with Gasteiger partial charge in [-0.15, -0.1) is 0 Å². The Labute approximate surface area is 123 Å². The van der Waals surface area contributed by atoms with Crippen LogP contribution in [0.25, 0.3) is 0 Å². The van der Waals surface area contributed by atoms with Crippen LogP contribution in [0, 0.1) is 5.41 Å². The zero-order chi connectivity index (χ0) is 13.7. The fourth-order valence-electron chi connectivity index (χ4n) is 2.30. The van der Waals surface area contributed by atoms with Gasteiger partial charge in [0.2, 0.25) is 0 Å². The predicted octanol–water partition coefficient (Wildman–Crippen LogP) is 3.36. The highest BCUT2D eigenvalue weighted by molar-refractivity contribution is 9.10. The summed E-state index contributed by atoms with van der Waals surface area (Å²) < 4.78 is 11.4. The van der Waals surface area contributed by atoms with Gasteiger partial charge in [-0.2, -0.15) is 0 Å². The molecule has 1 aliphatic rings. The summed E-state index contributed by atoms with van der Waals surface area (Å²) in [4.78, 5) is 0. The van der Waals surface area contributed by atoms with E-state index >= 15 is 0 Å². The number of hydrogen-bond donors (Lipinski definition) is 1. The van der Waals surface area contributed by atoms with Gasteiger partial charge in [-0.25, -0.2) is 0 Å². The van der Waals surface area contributed by atoms with Gasteiger partial charge >= 0.3 is 0 Å². The van der Waals surface area contributed by atoms with E-state index in [0.29, 0.717) is 5.41 Å². The minimum Gasteiger partial charge on any atom is -0.496 e. The third-order valence-electron chi connectivity index (χ3n) is 3.84. The lowest BCUT2D eigenvalue weighted by Crippen LogP contribution is -2.24. The molecule has 19 heavy (non-hydrogen) atoms. The Bertz CT molecular complexity index is 419. The van der Waals surface area contributed by atoms with Gasteiger partial charge in [-0.1, -0.05) is 6.07 Å². The quantitative estimate of drug-likeness (QED) is 0.794. The molecular formula is C15H22BrNO2. The first-order valence-electron chi connectivity index (χ1n) is 6.71. The Morgan fingerprint density at radius 2 is 2.11 bits per heavy atom. The summed E-state index contributed by atoms with van der Waals surface area (Å²) in [5.41, 5.74) is 1.77. The van der Waals surface area contributed by atoms with E-state index in [1.54, 1.807) is 14.2 Å². The van der Waals surface area contributed by atoms with Crippen molar-refractivity contribution in [3.8, 4) is 5.75 Å². The van der Waals surface area contributed by atoms with Gasteiger partial charge in [0.1, 0.15) is 5.75 Å². The minimum absolute atomic E-state index is 0.500. The molecule has 2 rings (SSSR count). The van der Waals surface area contributed by atoms with Gasteiger partial charge in [-0.05, 0) is 58.3 Å². The number of benzene rings is 1. The number of halogens is 1. The van der Waals surface area contributed by atoms with E-state index in [2.05, 4.69) is 33.4 Å². The van der Waals surface area contributed by atoms with Crippen LogP contribution in [0.2, 0.25) is 0 Å². The molecule has 106 valence electrons. The molecule has 0 aromatic heterocycles. The zero-order valence-electron chi connectivity index (χ0n) is 11.7. The largest absolute Gasteiger partial charge is 0.496 e. The van der Waals surface area contributed by atoms with Gasteiger partial charge < -0.3 is 14.8 Å². The van der Waals surface area contributed by atoms with Crippen molar-refractivity contribution in [1.82, 2.24) is 5.32 Å². The number of nitrogens with one attached hydrogen (secondary N) is 1. The number of ether oxygens (including phenoxy) is 2. The monoisotopic (exact) mass is 327 g/mol. The van der Waals surface area contributed by atoms with Crippen molar-refractivity contribution in [1.29, 1.82) is 0 Å². The molecule has 0 aliphatic heterocycles. The molecule has 1 fully saturated rings. The fraction of sp³-hybridized carbons (Fsp3) is 0.600. The third-order valence-corrected chi connectivity index (χ3v) is 4.46. The van der Waals surface area contributed by atoms with Crippen LogP contribution in [-0.4, -0.2) is 27.4 Å². The summed E-state index contributed by atoms with van der Waals surface area (Å²) in [6.07, 6.45) is 3.83. The lowest BCUT2D eigenvalue weighted by molar-refractivity contribution is 0.171. The molecule has 1 aliphatic carbocycles. The average molecular weight is 328 g/mol. The Kier molecular flexibility index (Phi) is 5.25. The van der Waals surface area contributed by atoms with E-state index in [1.165, 1.54) is 24.8 Å².